The van der Waals surface area contributed by atoms with E-state index < -0.39 is 11.6 Å². The largest absolute Gasteiger partial charge is 0.481 e. The molecule has 2 aromatic rings. The Bertz CT molecular complexity index is 560. The average Bonchev–Trinajstić information content (AvgIpc) is 2.38. The summed E-state index contributed by atoms with van der Waals surface area (Å²) in [7, 11) is 1.43. The minimum Gasteiger partial charge on any atom is -0.481 e. The molecule has 0 atom stereocenters. The van der Waals surface area contributed by atoms with Gasteiger partial charge in [0.1, 0.15) is 17.8 Å². The lowest BCUT2D eigenvalue weighted by Gasteiger charge is -2.01. The molecule has 0 aliphatic carbocycles. The minimum absolute atomic E-state index is 0.129. The van der Waals surface area contributed by atoms with Crippen molar-refractivity contribution in [1.29, 1.82) is 0 Å². The third-order valence-corrected chi connectivity index (χ3v) is 2.05. The zero-order valence-electron chi connectivity index (χ0n) is 8.92. The molecule has 0 N–H and O–H groups in total. The van der Waals surface area contributed by atoms with Crippen molar-refractivity contribution in [1.82, 2.24) is 15.0 Å². The quantitative estimate of drug-likeness (QED) is 0.746. The molecule has 0 radical (unpaired) electrons. The van der Waals surface area contributed by atoms with Gasteiger partial charge in [0.25, 0.3) is 0 Å². The number of methoxy groups -OCH3 is 1. The van der Waals surface area contributed by atoms with Crippen molar-refractivity contribution in [3.8, 4) is 5.88 Å². The number of hydrogen-bond donors (Lipinski definition) is 0. The molecule has 2 rings (SSSR count). The van der Waals surface area contributed by atoms with E-state index in [0.29, 0.717) is 0 Å². The number of aromatic nitrogens is 3. The number of carbonyl (C=O) groups is 1. The highest BCUT2D eigenvalue weighted by Gasteiger charge is 2.12. The number of carbonyl (C=O) groups excluding carboxylic acids is 1. The Morgan fingerprint density at radius 1 is 1.29 bits per heavy atom. The first kappa shape index (κ1) is 11.1. The number of ketones is 1. The Hall–Kier alpha value is -2.37. The van der Waals surface area contributed by atoms with Crippen LogP contribution in [0.2, 0.25) is 0 Å². The molecule has 5 nitrogen and oxygen atoms in total. The van der Waals surface area contributed by atoms with Crippen molar-refractivity contribution < 1.29 is 13.9 Å². The van der Waals surface area contributed by atoms with Crippen LogP contribution in [0.25, 0.3) is 0 Å². The van der Waals surface area contributed by atoms with Crippen molar-refractivity contribution in [3.63, 3.8) is 0 Å². The third-order valence-electron chi connectivity index (χ3n) is 2.05. The standard InChI is InChI=1S/C11H8FN3O2/c1-17-10-3-9(14-6-15-10)11(16)7-2-8(12)5-13-4-7/h2-6H,1H3. The van der Waals surface area contributed by atoms with Crippen LogP contribution in [0.5, 0.6) is 5.88 Å². The molecule has 0 aliphatic heterocycles. The van der Waals surface area contributed by atoms with Gasteiger partial charge in [0.2, 0.25) is 11.7 Å². The number of pyridine rings is 1. The molecule has 2 heterocycles. The van der Waals surface area contributed by atoms with Crippen LogP contribution in [-0.2, 0) is 0 Å². The van der Waals surface area contributed by atoms with Crippen molar-refractivity contribution in [2.75, 3.05) is 7.11 Å². The van der Waals surface area contributed by atoms with Gasteiger partial charge in [-0.15, -0.1) is 0 Å². The number of ether oxygens (including phenoxy) is 1. The van der Waals surface area contributed by atoms with Gasteiger partial charge in [0.05, 0.1) is 13.3 Å². The van der Waals surface area contributed by atoms with E-state index >= 15 is 0 Å². The van der Waals surface area contributed by atoms with E-state index in [1.165, 1.54) is 25.7 Å². The van der Waals surface area contributed by atoms with Gasteiger partial charge in [-0.25, -0.2) is 14.4 Å². The number of hydrogen-bond acceptors (Lipinski definition) is 5. The summed E-state index contributed by atoms with van der Waals surface area (Å²) in [5.41, 5.74) is 0.259. The highest BCUT2D eigenvalue weighted by atomic mass is 19.1. The summed E-state index contributed by atoms with van der Waals surface area (Å²) in [6.45, 7) is 0. The predicted octanol–water partition coefficient (Wildman–Crippen LogP) is 1.25. The van der Waals surface area contributed by atoms with Crippen molar-refractivity contribution in [3.05, 3.63) is 47.9 Å². The molecule has 0 aliphatic rings. The zero-order valence-corrected chi connectivity index (χ0v) is 8.92. The zero-order chi connectivity index (χ0) is 12.3. The van der Waals surface area contributed by atoms with E-state index in [2.05, 4.69) is 15.0 Å². The van der Waals surface area contributed by atoms with Crippen LogP contribution in [0.3, 0.4) is 0 Å². The lowest BCUT2D eigenvalue weighted by atomic mass is 10.1. The second-order valence-corrected chi connectivity index (χ2v) is 3.17. The summed E-state index contributed by atoms with van der Waals surface area (Å²) >= 11 is 0. The average molecular weight is 233 g/mol. The second-order valence-electron chi connectivity index (χ2n) is 3.17. The summed E-state index contributed by atoms with van der Waals surface area (Å²) in [5, 5.41) is 0. The molecular weight excluding hydrogens is 225 g/mol. The fraction of sp³-hybridized carbons (Fsp3) is 0.0909. The topological polar surface area (TPSA) is 65.0 Å². The van der Waals surface area contributed by atoms with Crippen LogP contribution >= 0.6 is 0 Å². The van der Waals surface area contributed by atoms with Gasteiger partial charge >= 0.3 is 0 Å². The van der Waals surface area contributed by atoms with Crippen molar-refractivity contribution >= 4 is 5.78 Å². The Kier molecular flexibility index (Phi) is 3.04. The molecular formula is C11H8FN3O2. The highest BCUT2D eigenvalue weighted by Crippen LogP contribution is 2.11. The molecule has 0 saturated carbocycles. The summed E-state index contributed by atoms with van der Waals surface area (Å²) in [6.07, 6.45) is 3.51. The smallest absolute Gasteiger partial charge is 0.216 e. The van der Waals surface area contributed by atoms with Crippen LogP contribution in [-0.4, -0.2) is 27.8 Å². The van der Waals surface area contributed by atoms with Crippen LogP contribution in [0, 0.1) is 5.82 Å². The molecule has 0 fully saturated rings. The molecule has 0 spiro atoms. The van der Waals surface area contributed by atoms with Crippen LogP contribution in [0.1, 0.15) is 16.1 Å². The molecule has 0 bridgehead atoms. The van der Waals surface area contributed by atoms with E-state index in [0.717, 1.165) is 12.3 Å². The molecule has 17 heavy (non-hydrogen) atoms. The molecule has 0 unspecified atom stereocenters. The first-order valence-electron chi connectivity index (χ1n) is 4.72. The fourth-order valence-corrected chi connectivity index (χ4v) is 1.26. The van der Waals surface area contributed by atoms with E-state index in [1.54, 1.807) is 0 Å². The Balaban J connectivity index is 2.36. The predicted molar refractivity (Wildman–Crippen MR) is 56.2 cm³/mol. The summed E-state index contributed by atoms with van der Waals surface area (Å²) in [6, 6.07) is 2.48. The Morgan fingerprint density at radius 2 is 2.12 bits per heavy atom. The van der Waals surface area contributed by atoms with Crippen LogP contribution < -0.4 is 4.74 Å². The summed E-state index contributed by atoms with van der Waals surface area (Å²) in [4.78, 5) is 23.1. The molecule has 0 amide bonds. The van der Waals surface area contributed by atoms with Gasteiger partial charge in [-0.3, -0.25) is 9.78 Å². The molecule has 2 aromatic heterocycles. The lowest BCUT2D eigenvalue weighted by Crippen LogP contribution is -2.06. The van der Waals surface area contributed by atoms with E-state index in [9.17, 15) is 9.18 Å². The van der Waals surface area contributed by atoms with Gasteiger partial charge in [0, 0.05) is 17.8 Å². The summed E-state index contributed by atoms with van der Waals surface area (Å²) in [5.74, 6) is -0.734. The first-order chi connectivity index (χ1) is 8.20. The maximum absolute atomic E-state index is 12.9. The van der Waals surface area contributed by atoms with Gasteiger partial charge < -0.3 is 4.74 Å². The fourth-order valence-electron chi connectivity index (χ4n) is 1.26. The van der Waals surface area contributed by atoms with Gasteiger partial charge in [-0.2, -0.15) is 0 Å². The van der Waals surface area contributed by atoms with Crippen molar-refractivity contribution in [2.45, 2.75) is 0 Å². The van der Waals surface area contributed by atoms with E-state index in [4.69, 9.17) is 4.74 Å². The van der Waals surface area contributed by atoms with E-state index in [-0.39, 0.29) is 17.1 Å². The molecule has 0 aromatic carbocycles. The molecule has 0 saturated heterocycles. The molecule has 6 heteroatoms. The number of halogens is 1. The van der Waals surface area contributed by atoms with Crippen LogP contribution in [0.4, 0.5) is 4.39 Å². The maximum Gasteiger partial charge on any atom is 0.216 e. The third kappa shape index (κ3) is 2.41. The van der Waals surface area contributed by atoms with E-state index in [1.807, 2.05) is 0 Å². The van der Waals surface area contributed by atoms with Crippen molar-refractivity contribution in [2.24, 2.45) is 0 Å². The molecule has 86 valence electrons. The SMILES string of the molecule is COc1cc(C(=O)c2cncc(F)c2)ncn1. The minimum atomic E-state index is -0.572. The summed E-state index contributed by atoms with van der Waals surface area (Å²) < 4.78 is 17.8. The first-order valence-corrected chi connectivity index (χ1v) is 4.72. The normalized spacial score (nSPS) is 10.0. The number of nitrogens with zero attached hydrogens (tertiary/aromatic N) is 3. The van der Waals surface area contributed by atoms with Crippen LogP contribution in [0.15, 0.2) is 30.9 Å². The Labute approximate surface area is 96.3 Å². The van der Waals surface area contributed by atoms with Gasteiger partial charge in [0.15, 0.2) is 0 Å². The Morgan fingerprint density at radius 3 is 2.82 bits per heavy atom. The maximum atomic E-state index is 12.9. The second kappa shape index (κ2) is 4.65. The van der Waals surface area contributed by atoms with Gasteiger partial charge in [-0.1, -0.05) is 0 Å². The number of rotatable bonds is 3. The van der Waals surface area contributed by atoms with Gasteiger partial charge in [-0.05, 0) is 6.07 Å². The highest BCUT2D eigenvalue weighted by molar-refractivity contribution is 6.07. The lowest BCUT2D eigenvalue weighted by molar-refractivity contribution is 0.103. The monoisotopic (exact) mass is 233 g/mol.